The number of rotatable bonds is 0. The number of hydrogen-bond acceptors (Lipinski definition) is 3. The fraction of sp³-hybridized carbons (Fsp3) is 0.200. The summed E-state index contributed by atoms with van der Waals surface area (Å²) in [5.74, 6) is 0.264. The second-order valence-electron chi connectivity index (χ2n) is 1.79. The van der Waals surface area contributed by atoms with Gasteiger partial charge in [0, 0.05) is 13.2 Å². The van der Waals surface area contributed by atoms with E-state index in [2.05, 4.69) is 5.10 Å². The van der Waals surface area contributed by atoms with Crippen molar-refractivity contribution < 1.29 is 0 Å². The van der Waals surface area contributed by atoms with Gasteiger partial charge in [-0.1, -0.05) is 0 Å². The molecule has 1 aromatic heterocycles. The van der Waals surface area contributed by atoms with Crippen LogP contribution < -0.4 is 11.1 Å². The number of hydrogen-bond donors (Lipinski definition) is 2. The molecule has 0 fully saturated rings. The van der Waals surface area contributed by atoms with Gasteiger partial charge in [-0.3, -0.25) is 10.1 Å². The summed E-state index contributed by atoms with van der Waals surface area (Å²) in [5, 5.41) is 11.2. The standard InChI is InChI=1S/C5H8N4/c1-9-3-2-4(6)5(7)8-9/h2-3,6H,1H3,(H2,7,8). The predicted molar refractivity (Wildman–Crippen MR) is 33.5 cm³/mol. The van der Waals surface area contributed by atoms with E-state index in [0.29, 0.717) is 0 Å². The van der Waals surface area contributed by atoms with Gasteiger partial charge in [0.2, 0.25) is 0 Å². The maximum Gasteiger partial charge on any atom is 0.169 e. The molecule has 0 spiro atoms. The van der Waals surface area contributed by atoms with Crippen molar-refractivity contribution in [3.05, 3.63) is 17.6 Å². The molecule has 0 aliphatic heterocycles. The topological polar surface area (TPSA) is 67.7 Å². The monoisotopic (exact) mass is 124 g/mol. The molecule has 0 radical (unpaired) electrons. The zero-order valence-corrected chi connectivity index (χ0v) is 5.13. The van der Waals surface area contributed by atoms with Crippen molar-refractivity contribution in [3.63, 3.8) is 0 Å². The highest BCUT2D eigenvalue weighted by Crippen LogP contribution is 1.79. The predicted octanol–water partition coefficient (Wildman–Crippen LogP) is -0.518. The Labute approximate surface area is 52.4 Å². The molecule has 0 bridgehead atoms. The molecule has 0 aliphatic carbocycles. The Kier molecular flexibility index (Phi) is 1.22. The molecule has 0 aromatic carbocycles. The van der Waals surface area contributed by atoms with Gasteiger partial charge in [-0.15, -0.1) is 0 Å². The zero-order valence-electron chi connectivity index (χ0n) is 5.13. The maximum absolute atomic E-state index is 7.12. The molecule has 9 heavy (non-hydrogen) atoms. The molecule has 0 aliphatic rings. The van der Waals surface area contributed by atoms with E-state index in [-0.39, 0.29) is 11.2 Å². The molecule has 3 N–H and O–H groups in total. The third kappa shape index (κ3) is 1.07. The van der Waals surface area contributed by atoms with Gasteiger partial charge in [-0.05, 0) is 6.07 Å². The first kappa shape index (κ1) is 5.81. The third-order valence-electron chi connectivity index (χ3n) is 0.998. The molecule has 0 atom stereocenters. The molecular formula is C5H8N4. The summed E-state index contributed by atoms with van der Waals surface area (Å²) in [5.41, 5.74) is 5.30. The van der Waals surface area contributed by atoms with Gasteiger partial charge in [-0.25, -0.2) is 0 Å². The highest BCUT2D eigenvalue weighted by Gasteiger charge is 1.86. The molecule has 4 nitrogen and oxygen atoms in total. The van der Waals surface area contributed by atoms with Crippen molar-refractivity contribution in [2.24, 2.45) is 7.05 Å². The van der Waals surface area contributed by atoms with E-state index in [0.717, 1.165) is 0 Å². The van der Waals surface area contributed by atoms with E-state index >= 15 is 0 Å². The first-order chi connectivity index (χ1) is 4.20. The zero-order chi connectivity index (χ0) is 6.85. The quantitative estimate of drug-likeness (QED) is 0.488. The summed E-state index contributed by atoms with van der Waals surface area (Å²) < 4.78 is 1.56. The Bertz CT molecular complexity index is 262. The summed E-state index contributed by atoms with van der Waals surface area (Å²) in [4.78, 5) is 0. The Hall–Kier alpha value is -1.32. The van der Waals surface area contributed by atoms with Crippen LogP contribution in [0.1, 0.15) is 0 Å². The SMILES string of the molecule is Cn1ccc(=N)c(N)n1. The lowest BCUT2D eigenvalue weighted by atomic mass is 10.5. The van der Waals surface area contributed by atoms with Crippen LogP contribution in [-0.2, 0) is 7.05 Å². The molecule has 1 heterocycles. The van der Waals surface area contributed by atoms with Crippen LogP contribution in [0.2, 0.25) is 0 Å². The number of nitrogens with two attached hydrogens (primary N) is 1. The van der Waals surface area contributed by atoms with Crippen LogP contribution in [-0.4, -0.2) is 9.78 Å². The molecular weight excluding hydrogens is 116 g/mol. The van der Waals surface area contributed by atoms with Crippen molar-refractivity contribution in [2.45, 2.75) is 0 Å². The fourth-order valence-corrected chi connectivity index (χ4v) is 0.525. The number of aryl methyl sites for hydroxylation is 1. The van der Waals surface area contributed by atoms with E-state index in [9.17, 15) is 0 Å². The Morgan fingerprint density at radius 3 is 2.89 bits per heavy atom. The van der Waals surface area contributed by atoms with Crippen LogP contribution in [0.3, 0.4) is 0 Å². The van der Waals surface area contributed by atoms with Crippen LogP contribution in [0, 0.1) is 5.41 Å². The first-order valence-electron chi connectivity index (χ1n) is 2.54. The average molecular weight is 124 g/mol. The molecule has 48 valence electrons. The van der Waals surface area contributed by atoms with E-state index < -0.39 is 0 Å². The maximum atomic E-state index is 7.12. The molecule has 1 aromatic rings. The number of nitrogens with zero attached hydrogens (tertiary/aromatic N) is 2. The fourth-order valence-electron chi connectivity index (χ4n) is 0.525. The van der Waals surface area contributed by atoms with E-state index in [4.69, 9.17) is 11.1 Å². The number of anilines is 1. The minimum atomic E-state index is 0.264. The van der Waals surface area contributed by atoms with Gasteiger partial charge in [0.05, 0.1) is 5.36 Å². The van der Waals surface area contributed by atoms with Gasteiger partial charge < -0.3 is 5.73 Å². The van der Waals surface area contributed by atoms with Gasteiger partial charge in [-0.2, -0.15) is 5.10 Å². The normalized spacial score (nSPS) is 9.44. The molecule has 0 saturated heterocycles. The van der Waals surface area contributed by atoms with Crippen LogP contribution in [0.5, 0.6) is 0 Å². The number of aromatic nitrogens is 2. The smallest absolute Gasteiger partial charge is 0.169 e. The third-order valence-corrected chi connectivity index (χ3v) is 0.998. The summed E-state index contributed by atoms with van der Waals surface area (Å²) in [6, 6.07) is 1.60. The Balaban J connectivity index is 3.34. The van der Waals surface area contributed by atoms with Crippen molar-refractivity contribution in [1.29, 1.82) is 5.41 Å². The lowest BCUT2D eigenvalue weighted by Crippen LogP contribution is -2.13. The van der Waals surface area contributed by atoms with Crippen molar-refractivity contribution >= 4 is 5.82 Å². The highest BCUT2D eigenvalue weighted by molar-refractivity contribution is 5.21. The highest BCUT2D eigenvalue weighted by atomic mass is 15.3. The van der Waals surface area contributed by atoms with E-state index in [1.807, 2.05) is 0 Å². The van der Waals surface area contributed by atoms with E-state index in [1.54, 1.807) is 24.0 Å². The summed E-state index contributed by atoms with van der Waals surface area (Å²) >= 11 is 0. The lowest BCUT2D eigenvalue weighted by Gasteiger charge is -1.95. The Morgan fingerprint density at radius 2 is 2.44 bits per heavy atom. The van der Waals surface area contributed by atoms with Gasteiger partial charge >= 0.3 is 0 Å². The van der Waals surface area contributed by atoms with E-state index in [1.165, 1.54) is 0 Å². The van der Waals surface area contributed by atoms with Crippen LogP contribution >= 0.6 is 0 Å². The summed E-state index contributed by atoms with van der Waals surface area (Å²) in [6.07, 6.45) is 1.68. The summed E-state index contributed by atoms with van der Waals surface area (Å²) in [7, 11) is 1.76. The van der Waals surface area contributed by atoms with Gasteiger partial charge in [0.25, 0.3) is 0 Å². The average Bonchev–Trinajstić information content (AvgIpc) is 1.80. The first-order valence-corrected chi connectivity index (χ1v) is 2.54. The Morgan fingerprint density at radius 1 is 1.78 bits per heavy atom. The second kappa shape index (κ2) is 1.89. The lowest BCUT2D eigenvalue weighted by molar-refractivity contribution is 0.738. The van der Waals surface area contributed by atoms with Crippen molar-refractivity contribution in [2.75, 3.05) is 5.73 Å². The molecule has 0 unspecified atom stereocenters. The number of nitrogen functional groups attached to an aromatic ring is 1. The molecule has 4 heteroatoms. The van der Waals surface area contributed by atoms with Crippen LogP contribution in [0.25, 0.3) is 0 Å². The summed E-state index contributed by atoms with van der Waals surface area (Å²) in [6.45, 7) is 0. The minimum absolute atomic E-state index is 0.264. The second-order valence-corrected chi connectivity index (χ2v) is 1.79. The van der Waals surface area contributed by atoms with Crippen LogP contribution in [0.15, 0.2) is 12.3 Å². The largest absolute Gasteiger partial charge is 0.380 e. The van der Waals surface area contributed by atoms with Crippen LogP contribution in [0.4, 0.5) is 5.82 Å². The number of nitrogens with one attached hydrogen (secondary N) is 1. The molecule has 0 amide bonds. The van der Waals surface area contributed by atoms with Gasteiger partial charge in [0.1, 0.15) is 0 Å². The van der Waals surface area contributed by atoms with Crippen molar-refractivity contribution in [3.8, 4) is 0 Å². The molecule has 1 rings (SSSR count). The minimum Gasteiger partial charge on any atom is -0.380 e. The molecule has 0 saturated carbocycles. The van der Waals surface area contributed by atoms with Crippen molar-refractivity contribution in [1.82, 2.24) is 9.78 Å². The van der Waals surface area contributed by atoms with Gasteiger partial charge in [0.15, 0.2) is 5.82 Å².